The first kappa shape index (κ1) is 25.0. The third-order valence-corrected chi connectivity index (χ3v) is 6.37. The van der Waals surface area contributed by atoms with Crippen LogP contribution < -0.4 is 5.32 Å². The molecule has 192 valence electrons. The molecule has 0 aliphatic rings. The summed E-state index contributed by atoms with van der Waals surface area (Å²) in [7, 11) is 1.75. The van der Waals surface area contributed by atoms with Crippen molar-refractivity contribution >= 4 is 28.4 Å². The maximum Gasteiger partial charge on any atom is 0.256 e. The zero-order valence-corrected chi connectivity index (χ0v) is 21.7. The molecule has 5 rings (SSSR count). The van der Waals surface area contributed by atoms with Gasteiger partial charge in [0.25, 0.3) is 11.8 Å². The van der Waals surface area contributed by atoms with Gasteiger partial charge in [-0.05, 0) is 67.9 Å². The summed E-state index contributed by atoms with van der Waals surface area (Å²) >= 11 is 0. The molecule has 5 aromatic rings. The average molecular weight is 509 g/mol. The molecule has 3 aromatic heterocycles. The van der Waals surface area contributed by atoms with Crippen molar-refractivity contribution in [3.63, 3.8) is 0 Å². The smallest absolute Gasteiger partial charge is 0.256 e. The van der Waals surface area contributed by atoms with Gasteiger partial charge in [0.1, 0.15) is 11.5 Å². The number of pyridine rings is 1. The summed E-state index contributed by atoms with van der Waals surface area (Å²) in [5.41, 5.74) is 4.97. The van der Waals surface area contributed by atoms with Crippen molar-refractivity contribution in [2.45, 2.75) is 27.2 Å². The quantitative estimate of drug-likeness (QED) is 0.290. The minimum atomic E-state index is -0.270. The number of fused-ring (bicyclic) bond motifs is 1. The molecule has 0 fully saturated rings. The molecular weight excluding hydrogens is 480 g/mol. The number of nitrogens with zero attached hydrogens (tertiary/aromatic N) is 3. The molecule has 0 spiro atoms. The predicted molar refractivity (Wildman–Crippen MR) is 145 cm³/mol. The summed E-state index contributed by atoms with van der Waals surface area (Å²) in [6.07, 6.45) is 3.84. The van der Waals surface area contributed by atoms with Crippen LogP contribution in [-0.4, -0.2) is 40.3 Å². The van der Waals surface area contributed by atoms with Crippen molar-refractivity contribution in [1.82, 2.24) is 14.9 Å². The SMILES string of the molecule is Cc1cc(C)c2nc(-c3ccco3)cc(C(=O)Nc3ccc(C(=O)N(C)CCc4cnc(C)o4)cc3)c2c1. The molecule has 0 radical (unpaired) electrons. The minimum Gasteiger partial charge on any atom is -0.463 e. The number of furan rings is 1. The van der Waals surface area contributed by atoms with Crippen LogP contribution in [0.5, 0.6) is 0 Å². The van der Waals surface area contributed by atoms with Crippen LogP contribution in [0.4, 0.5) is 5.69 Å². The number of benzene rings is 2. The third kappa shape index (κ3) is 5.20. The molecule has 3 heterocycles. The summed E-state index contributed by atoms with van der Waals surface area (Å²) < 4.78 is 11.0. The number of hydrogen-bond acceptors (Lipinski definition) is 6. The molecule has 0 unspecified atom stereocenters. The van der Waals surface area contributed by atoms with Crippen LogP contribution in [-0.2, 0) is 6.42 Å². The molecule has 0 aliphatic carbocycles. The van der Waals surface area contributed by atoms with E-state index < -0.39 is 0 Å². The maximum atomic E-state index is 13.5. The first-order valence-corrected chi connectivity index (χ1v) is 12.3. The Labute approximate surface area is 220 Å². The maximum absolute atomic E-state index is 13.5. The van der Waals surface area contributed by atoms with E-state index >= 15 is 0 Å². The number of anilines is 1. The Kier molecular flexibility index (Phi) is 6.79. The molecule has 8 nitrogen and oxygen atoms in total. The summed E-state index contributed by atoms with van der Waals surface area (Å²) in [4.78, 5) is 36.8. The predicted octanol–water partition coefficient (Wildman–Crippen LogP) is 5.98. The van der Waals surface area contributed by atoms with E-state index in [1.807, 2.05) is 32.0 Å². The lowest BCUT2D eigenvalue weighted by Gasteiger charge is -2.17. The number of aromatic nitrogens is 2. The second-order valence-corrected chi connectivity index (χ2v) is 9.36. The number of carbonyl (C=O) groups is 2. The second-order valence-electron chi connectivity index (χ2n) is 9.36. The molecule has 2 amide bonds. The number of amides is 2. The highest BCUT2D eigenvalue weighted by Crippen LogP contribution is 2.29. The lowest BCUT2D eigenvalue weighted by molar-refractivity contribution is 0.0795. The highest BCUT2D eigenvalue weighted by molar-refractivity contribution is 6.13. The summed E-state index contributed by atoms with van der Waals surface area (Å²) in [5.74, 6) is 1.55. The molecule has 0 saturated carbocycles. The van der Waals surface area contributed by atoms with Crippen LogP contribution in [0.3, 0.4) is 0 Å². The number of likely N-dealkylation sites (N-methyl/N-ethyl adjacent to an activating group) is 1. The van der Waals surface area contributed by atoms with Crippen LogP contribution in [0, 0.1) is 20.8 Å². The fourth-order valence-corrected chi connectivity index (χ4v) is 4.43. The van der Waals surface area contributed by atoms with Gasteiger partial charge in [-0.2, -0.15) is 0 Å². The summed E-state index contributed by atoms with van der Waals surface area (Å²) in [6.45, 7) is 6.26. The Morgan fingerprint density at radius 3 is 2.50 bits per heavy atom. The fourth-order valence-electron chi connectivity index (χ4n) is 4.43. The molecule has 0 atom stereocenters. The standard InChI is InChI=1S/C30H28N4O4/c1-18-14-19(2)28-24(15-18)25(16-26(33-28)27-6-5-13-37-27)29(35)32-22-9-7-21(8-10-22)30(36)34(4)12-11-23-17-31-20(3)38-23/h5-10,13-17H,11-12H2,1-4H3,(H,32,35). The van der Waals surface area contributed by atoms with E-state index in [0.29, 0.717) is 47.1 Å². The van der Waals surface area contributed by atoms with Gasteiger partial charge in [0.05, 0.1) is 23.5 Å². The Morgan fingerprint density at radius 1 is 1.03 bits per heavy atom. The first-order chi connectivity index (χ1) is 18.3. The van der Waals surface area contributed by atoms with Gasteiger partial charge >= 0.3 is 0 Å². The second kappa shape index (κ2) is 10.3. The fraction of sp³-hybridized carbons (Fsp3) is 0.200. The highest BCUT2D eigenvalue weighted by Gasteiger charge is 2.18. The van der Waals surface area contributed by atoms with Crippen molar-refractivity contribution in [1.29, 1.82) is 0 Å². The number of hydrogen-bond donors (Lipinski definition) is 1. The van der Waals surface area contributed by atoms with E-state index in [2.05, 4.69) is 10.3 Å². The van der Waals surface area contributed by atoms with Crippen LogP contribution in [0.15, 0.2) is 75.9 Å². The third-order valence-electron chi connectivity index (χ3n) is 6.37. The Bertz CT molecular complexity index is 1620. The lowest BCUT2D eigenvalue weighted by Crippen LogP contribution is -2.28. The Hall–Kier alpha value is -4.72. The minimum absolute atomic E-state index is 0.117. The highest BCUT2D eigenvalue weighted by atomic mass is 16.4. The number of rotatable bonds is 7. The molecule has 1 N–H and O–H groups in total. The van der Waals surface area contributed by atoms with Crippen molar-refractivity contribution in [3.8, 4) is 11.5 Å². The Balaban J connectivity index is 1.35. The number of nitrogens with one attached hydrogen (secondary N) is 1. The van der Waals surface area contributed by atoms with Crippen LogP contribution in [0.2, 0.25) is 0 Å². The summed E-state index contributed by atoms with van der Waals surface area (Å²) in [5, 5.41) is 3.73. The number of carbonyl (C=O) groups excluding carboxylic acids is 2. The summed E-state index contributed by atoms with van der Waals surface area (Å²) in [6, 6.07) is 16.2. The van der Waals surface area contributed by atoms with Gasteiger partial charge in [0.2, 0.25) is 0 Å². The van der Waals surface area contributed by atoms with Gasteiger partial charge in [-0.3, -0.25) is 9.59 Å². The molecule has 8 heteroatoms. The molecular formula is C30H28N4O4. The first-order valence-electron chi connectivity index (χ1n) is 12.3. The van der Waals surface area contributed by atoms with Gasteiger partial charge in [-0.25, -0.2) is 9.97 Å². The van der Waals surface area contributed by atoms with Crippen molar-refractivity contribution in [3.05, 3.63) is 101 Å². The topological polar surface area (TPSA) is 101 Å². The number of oxazole rings is 1. The zero-order valence-electron chi connectivity index (χ0n) is 21.7. The lowest BCUT2D eigenvalue weighted by atomic mass is 10.0. The zero-order chi connectivity index (χ0) is 26.8. The van der Waals surface area contributed by atoms with Gasteiger partial charge in [0, 0.05) is 43.6 Å². The van der Waals surface area contributed by atoms with E-state index in [4.69, 9.17) is 13.8 Å². The van der Waals surface area contributed by atoms with E-state index in [9.17, 15) is 9.59 Å². The molecule has 38 heavy (non-hydrogen) atoms. The Morgan fingerprint density at radius 2 is 1.82 bits per heavy atom. The van der Waals surface area contributed by atoms with E-state index in [-0.39, 0.29) is 11.8 Å². The van der Waals surface area contributed by atoms with Crippen molar-refractivity contribution < 1.29 is 18.4 Å². The van der Waals surface area contributed by atoms with Gasteiger partial charge in [-0.15, -0.1) is 0 Å². The monoisotopic (exact) mass is 508 g/mol. The normalized spacial score (nSPS) is 11.1. The molecule has 2 aromatic carbocycles. The number of aryl methyl sites for hydroxylation is 3. The van der Waals surface area contributed by atoms with Crippen LogP contribution >= 0.6 is 0 Å². The van der Waals surface area contributed by atoms with E-state index in [1.165, 1.54) is 0 Å². The van der Waals surface area contributed by atoms with Crippen molar-refractivity contribution in [2.75, 3.05) is 18.9 Å². The van der Waals surface area contributed by atoms with E-state index in [0.717, 1.165) is 27.8 Å². The van der Waals surface area contributed by atoms with Gasteiger partial charge < -0.3 is 19.1 Å². The van der Waals surface area contributed by atoms with Crippen LogP contribution in [0.1, 0.15) is 43.5 Å². The molecule has 0 aliphatic heterocycles. The average Bonchev–Trinajstić information content (AvgIpc) is 3.59. The van der Waals surface area contributed by atoms with Gasteiger partial charge in [-0.1, -0.05) is 11.6 Å². The molecule has 0 bridgehead atoms. The van der Waals surface area contributed by atoms with E-state index in [1.54, 1.807) is 67.7 Å². The largest absolute Gasteiger partial charge is 0.463 e. The van der Waals surface area contributed by atoms with Crippen LogP contribution in [0.25, 0.3) is 22.4 Å². The van der Waals surface area contributed by atoms with Gasteiger partial charge in [0.15, 0.2) is 11.7 Å². The molecule has 0 saturated heterocycles. The van der Waals surface area contributed by atoms with Crippen molar-refractivity contribution in [2.24, 2.45) is 0 Å².